The van der Waals surface area contributed by atoms with E-state index in [1.54, 1.807) is 11.8 Å². The Kier molecular flexibility index (Phi) is 7.60. The lowest BCUT2D eigenvalue weighted by Crippen LogP contribution is -2.12. The summed E-state index contributed by atoms with van der Waals surface area (Å²) in [4.78, 5) is 23.6. The van der Waals surface area contributed by atoms with Gasteiger partial charge in [0, 0.05) is 17.4 Å². The van der Waals surface area contributed by atoms with Crippen molar-refractivity contribution in [1.29, 1.82) is 0 Å². The predicted octanol–water partition coefficient (Wildman–Crippen LogP) is 4.24. The third-order valence-electron chi connectivity index (χ3n) is 3.32. The van der Waals surface area contributed by atoms with Crippen molar-refractivity contribution in [2.45, 2.75) is 33.6 Å². The van der Waals surface area contributed by atoms with Gasteiger partial charge in [0.25, 0.3) is 0 Å². The maximum atomic E-state index is 12.1. The zero-order valence-electron chi connectivity index (χ0n) is 12.6. The number of Topliss-reactive ketones (excluding diaryl/α,β-unsaturated/α-hetero) is 2. The van der Waals surface area contributed by atoms with E-state index in [9.17, 15) is 9.59 Å². The molecular formula is C17H24O2S. The van der Waals surface area contributed by atoms with E-state index in [0.717, 1.165) is 24.2 Å². The quantitative estimate of drug-likeness (QED) is 0.504. The molecule has 0 aliphatic rings. The van der Waals surface area contributed by atoms with Gasteiger partial charge in [-0.2, -0.15) is 11.8 Å². The van der Waals surface area contributed by atoms with E-state index in [1.807, 2.05) is 51.1 Å². The van der Waals surface area contributed by atoms with E-state index in [1.165, 1.54) is 0 Å². The first-order chi connectivity index (χ1) is 9.52. The van der Waals surface area contributed by atoms with Gasteiger partial charge in [-0.25, -0.2) is 0 Å². The zero-order valence-corrected chi connectivity index (χ0v) is 13.4. The molecule has 3 heteroatoms. The Hall–Kier alpha value is -1.09. The fraction of sp³-hybridized carbons (Fsp3) is 0.529. The Morgan fingerprint density at radius 1 is 1.10 bits per heavy atom. The predicted molar refractivity (Wildman–Crippen MR) is 86.3 cm³/mol. The van der Waals surface area contributed by atoms with Crippen LogP contribution in [0.2, 0.25) is 0 Å². The number of benzene rings is 1. The molecule has 1 unspecified atom stereocenters. The molecule has 0 N–H and O–H groups in total. The summed E-state index contributed by atoms with van der Waals surface area (Å²) in [6.45, 7) is 5.85. The largest absolute Gasteiger partial charge is 0.298 e. The number of rotatable bonds is 9. The number of thioether (sulfide) groups is 1. The molecule has 2 nitrogen and oxygen atoms in total. The number of ketones is 2. The minimum absolute atomic E-state index is 0.0544. The van der Waals surface area contributed by atoms with Crippen molar-refractivity contribution in [2.24, 2.45) is 11.8 Å². The molecular weight excluding hydrogens is 268 g/mol. The summed E-state index contributed by atoms with van der Waals surface area (Å²) in [6, 6.07) is 9.45. The molecule has 0 bridgehead atoms. The van der Waals surface area contributed by atoms with E-state index >= 15 is 0 Å². The van der Waals surface area contributed by atoms with Crippen LogP contribution in [0, 0.1) is 11.8 Å². The zero-order chi connectivity index (χ0) is 15.0. The molecule has 1 aromatic carbocycles. The summed E-state index contributed by atoms with van der Waals surface area (Å²) < 4.78 is 0. The second-order valence-electron chi connectivity index (χ2n) is 5.45. The Morgan fingerprint density at radius 2 is 1.75 bits per heavy atom. The van der Waals surface area contributed by atoms with Crippen molar-refractivity contribution in [3.8, 4) is 0 Å². The fourth-order valence-electron chi connectivity index (χ4n) is 1.85. The van der Waals surface area contributed by atoms with Gasteiger partial charge >= 0.3 is 0 Å². The highest BCUT2D eigenvalue weighted by Crippen LogP contribution is 2.16. The lowest BCUT2D eigenvalue weighted by Gasteiger charge is -2.10. The van der Waals surface area contributed by atoms with Crippen LogP contribution in [0.25, 0.3) is 0 Å². The topological polar surface area (TPSA) is 34.1 Å². The molecule has 0 saturated carbocycles. The Bertz CT molecular complexity index is 426. The van der Waals surface area contributed by atoms with Gasteiger partial charge in [-0.3, -0.25) is 9.59 Å². The molecule has 0 radical (unpaired) electrons. The van der Waals surface area contributed by atoms with Gasteiger partial charge in [0.05, 0.1) is 5.75 Å². The SMILES string of the molecule is CC(C)C(=O)CSCCCC(C)C(=O)c1ccccc1. The average Bonchev–Trinajstić information content (AvgIpc) is 2.46. The molecule has 0 aromatic heterocycles. The average molecular weight is 292 g/mol. The molecule has 1 atom stereocenters. The summed E-state index contributed by atoms with van der Waals surface area (Å²) in [5.41, 5.74) is 0.794. The molecule has 0 fully saturated rings. The van der Waals surface area contributed by atoms with Crippen LogP contribution in [-0.4, -0.2) is 23.1 Å². The van der Waals surface area contributed by atoms with Crippen LogP contribution in [-0.2, 0) is 4.79 Å². The van der Waals surface area contributed by atoms with E-state index in [-0.39, 0.29) is 17.6 Å². The van der Waals surface area contributed by atoms with E-state index < -0.39 is 0 Å². The van der Waals surface area contributed by atoms with Gasteiger partial charge in [0.15, 0.2) is 5.78 Å². The lowest BCUT2D eigenvalue weighted by atomic mass is 9.95. The smallest absolute Gasteiger partial charge is 0.165 e. The standard InChI is InChI=1S/C17H24O2S/c1-13(2)16(18)12-20-11-7-8-14(3)17(19)15-9-5-4-6-10-15/h4-6,9-10,13-14H,7-8,11-12H2,1-3H3. The molecule has 0 aliphatic heterocycles. The first-order valence-corrected chi connectivity index (χ1v) is 8.37. The lowest BCUT2D eigenvalue weighted by molar-refractivity contribution is -0.119. The van der Waals surface area contributed by atoms with E-state index in [4.69, 9.17) is 0 Å². The van der Waals surface area contributed by atoms with Crippen molar-refractivity contribution < 1.29 is 9.59 Å². The van der Waals surface area contributed by atoms with E-state index in [0.29, 0.717) is 11.5 Å². The van der Waals surface area contributed by atoms with Gasteiger partial charge < -0.3 is 0 Å². The van der Waals surface area contributed by atoms with Crippen molar-refractivity contribution in [2.75, 3.05) is 11.5 Å². The van der Waals surface area contributed by atoms with Gasteiger partial charge in [-0.05, 0) is 18.6 Å². The van der Waals surface area contributed by atoms with Crippen LogP contribution in [0.1, 0.15) is 44.0 Å². The van der Waals surface area contributed by atoms with Crippen molar-refractivity contribution >= 4 is 23.3 Å². The molecule has 0 aliphatic carbocycles. The van der Waals surface area contributed by atoms with Crippen LogP contribution in [0.5, 0.6) is 0 Å². The van der Waals surface area contributed by atoms with Gasteiger partial charge in [-0.15, -0.1) is 0 Å². The second kappa shape index (κ2) is 8.96. The van der Waals surface area contributed by atoms with E-state index in [2.05, 4.69) is 0 Å². The summed E-state index contributed by atoms with van der Waals surface area (Å²) in [7, 11) is 0. The van der Waals surface area contributed by atoms with Gasteiger partial charge in [0.2, 0.25) is 0 Å². The highest BCUT2D eigenvalue weighted by Gasteiger charge is 2.14. The minimum Gasteiger partial charge on any atom is -0.298 e. The second-order valence-corrected chi connectivity index (χ2v) is 6.55. The van der Waals surface area contributed by atoms with Gasteiger partial charge in [-0.1, -0.05) is 51.1 Å². The van der Waals surface area contributed by atoms with Crippen LogP contribution < -0.4 is 0 Å². The highest BCUT2D eigenvalue weighted by atomic mass is 32.2. The summed E-state index contributed by atoms with van der Waals surface area (Å²) >= 11 is 1.68. The van der Waals surface area contributed by atoms with Crippen molar-refractivity contribution in [1.82, 2.24) is 0 Å². The van der Waals surface area contributed by atoms with Crippen molar-refractivity contribution in [3.05, 3.63) is 35.9 Å². The fourth-order valence-corrected chi connectivity index (χ4v) is 2.90. The van der Waals surface area contributed by atoms with Crippen LogP contribution in [0.3, 0.4) is 0 Å². The van der Waals surface area contributed by atoms with Crippen molar-refractivity contribution in [3.63, 3.8) is 0 Å². The molecule has 0 saturated heterocycles. The molecule has 110 valence electrons. The Balaban J connectivity index is 2.22. The Labute approximate surface area is 126 Å². The number of hydrogen-bond acceptors (Lipinski definition) is 3. The minimum atomic E-state index is 0.0544. The highest BCUT2D eigenvalue weighted by molar-refractivity contribution is 7.99. The summed E-state index contributed by atoms with van der Waals surface area (Å²) in [6.07, 6.45) is 1.87. The third kappa shape index (κ3) is 5.91. The molecule has 1 rings (SSSR count). The van der Waals surface area contributed by atoms with Crippen LogP contribution in [0.15, 0.2) is 30.3 Å². The summed E-state index contributed by atoms with van der Waals surface area (Å²) in [5, 5.41) is 0. The van der Waals surface area contributed by atoms with Gasteiger partial charge in [0.1, 0.15) is 5.78 Å². The maximum Gasteiger partial charge on any atom is 0.165 e. The summed E-state index contributed by atoms with van der Waals surface area (Å²) in [5.74, 6) is 2.25. The number of carbonyl (C=O) groups excluding carboxylic acids is 2. The van der Waals surface area contributed by atoms with Crippen LogP contribution >= 0.6 is 11.8 Å². The normalized spacial score (nSPS) is 12.4. The Morgan fingerprint density at radius 3 is 2.35 bits per heavy atom. The number of hydrogen-bond donors (Lipinski definition) is 0. The number of carbonyl (C=O) groups is 2. The molecule has 1 aromatic rings. The third-order valence-corrected chi connectivity index (χ3v) is 4.39. The molecule has 20 heavy (non-hydrogen) atoms. The maximum absolute atomic E-state index is 12.1. The first-order valence-electron chi connectivity index (χ1n) is 7.22. The van der Waals surface area contributed by atoms with Crippen LogP contribution in [0.4, 0.5) is 0 Å². The first kappa shape index (κ1) is 17.0. The monoisotopic (exact) mass is 292 g/mol. The molecule has 0 amide bonds. The molecule has 0 spiro atoms. The molecule has 0 heterocycles.